The normalized spacial score (nSPS) is 13.5. The molecule has 6 heteroatoms. The van der Waals surface area contributed by atoms with E-state index in [1.54, 1.807) is 18.3 Å². The first-order chi connectivity index (χ1) is 12.6. The molecule has 136 valence electrons. The van der Waals surface area contributed by atoms with Crippen molar-refractivity contribution >= 4 is 23.3 Å². The van der Waals surface area contributed by atoms with Crippen molar-refractivity contribution in [1.29, 1.82) is 0 Å². The summed E-state index contributed by atoms with van der Waals surface area (Å²) >= 11 is 0. The van der Waals surface area contributed by atoms with Crippen LogP contribution in [0.4, 0.5) is 11.4 Å². The number of hydrogen-bond acceptors (Lipinski definition) is 5. The lowest BCUT2D eigenvalue weighted by atomic mass is 10.1. The van der Waals surface area contributed by atoms with Crippen molar-refractivity contribution in [2.45, 2.75) is 26.2 Å². The van der Waals surface area contributed by atoms with Gasteiger partial charge in [-0.25, -0.2) is 4.79 Å². The highest BCUT2D eigenvalue weighted by molar-refractivity contribution is 5.98. The molecule has 6 nitrogen and oxygen atoms in total. The highest BCUT2D eigenvalue weighted by Gasteiger charge is 2.19. The number of aromatic nitrogens is 1. The highest BCUT2D eigenvalue weighted by Crippen LogP contribution is 2.30. The largest absolute Gasteiger partial charge is 0.465 e. The van der Waals surface area contributed by atoms with E-state index in [1.165, 1.54) is 7.11 Å². The molecule has 26 heavy (non-hydrogen) atoms. The van der Waals surface area contributed by atoms with Gasteiger partial charge in [-0.05, 0) is 49.6 Å². The second-order valence-corrected chi connectivity index (χ2v) is 6.45. The molecule has 0 saturated carbocycles. The number of hydrogen-bond donors (Lipinski definition) is 1. The number of ether oxygens (including phenoxy) is 1. The molecule has 2 aromatic rings. The molecule has 0 spiro atoms. The summed E-state index contributed by atoms with van der Waals surface area (Å²) in [5.41, 5.74) is 3.75. The summed E-state index contributed by atoms with van der Waals surface area (Å²) < 4.78 is 4.79. The van der Waals surface area contributed by atoms with E-state index in [4.69, 9.17) is 4.74 Å². The lowest BCUT2D eigenvalue weighted by molar-refractivity contribution is -0.115. The Bertz CT molecular complexity index is 796. The number of nitrogens with zero attached hydrogens (tertiary/aromatic N) is 2. The summed E-state index contributed by atoms with van der Waals surface area (Å²) in [4.78, 5) is 30.8. The van der Waals surface area contributed by atoms with Crippen LogP contribution in [0.3, 0.4) is 0 Å². The number of carbonyl (C=O) groups excluding carboxylic acids is 2. The number of methoxy groups -OCH3 is 1. The van der Waals surface area contributed by atoms with Crippen molar-refractivity contribution in [3.05, 3.63) is 53.3 Å². The van der Waals surface area contributed by atoms with Crippen LogP contribution in [0, 0.1) is 6.92 Å². The van der Waals surface area contributed by atoms with Gasteiger partial charge in [-0.2, -0.15) is 0 Å². The summed E-state index contributed by atoms with van der Waals surface area (Å²) in [6, 6.07) is 9.08. The quantitative estimate of drug-likeness (QED) is 0.837. The summed E-state index contributed by atoms with van der Waals surface area (Å²) in [6.45, 7) is 3.80. The Morgan fingerprint density at radius 1 is 1.19 bits per heavy atom. The summed E-state index contributed by atoms with van der Waals surface area (Å²) in [7, 11) is 1.35. The van der Waals surface area contributed by atoms with E-state index in [0.717, 1.165) is 42.9 Å². The predicted octanol–water partition coefficient (Wildman–Crippen LogP) is 2.96. The summed E-state index contributed by atoms with van der Waals surface area (Å²) in [5, 5.41) is 2.95. The van der Waals surface area contributed by atoms with Gasteiger partial charge in [0.1, 0.15) is 0 Å². The van der Waals surface area contributed by atoms with Gasteiger partial charge in [-0.15, -0.1) is 0 Å². The van der Waals surface area contributed by atoms with E-state index in [0.29, 0.717) is 11.3 Å². The molecular formula is C20H23N3O3. The molecule has 1 aromatic heterocycles. The molecule has 1 aliphatic rings. The van der Waals surface area contributed by atoms with Crippen LogP contribution >= 0.6 is 0 Å². The smallest absolute Gasteiger partial charge is 0.337 e. The molecule has 1 aliphatic heterocycles. The van der Waals surface area contributed by atoms with Crippen LogP contribution in [0.1, 0.15) is 34.5 Å². The van der Waals surface area contributed by atoms with Gasteiger partial charge in [-0.3, -0.25) is 9.78 Å². The third-order valence-electron chi connectivity index (χ3n) is 4.48. The van der Waals surface area contributed by atoms with Crippen LogP contribution in [-0.4, -0.2) is 37.1 Å². The lowest BCUT2D eigenvalue weighted by Gasteiger charge is -2.22. The van der Waals surface area contributed by atoms with Gasteiger partial charge in [0.15, 0.2) is 0 Å². The second kappa shape index (κ2) is 7.99. The van der Waals surface area contributed by atoms with E-state index in [9.17, 15) is 9.59 Å². The van der Waals surface area contributed by atoms with Crippen molar-refractivity contribution in [2.24, 2.45) is 0 Å². The Kier molecular flexibility index (Phi) is 5.51. The van der Waals surface area contributed by atoms with E-state index in [1.807, 2.05) is 25.1 Å². The zero-order valence-electron chi connectivity index (χ0n) is 15.1. The molecule has 0 bridgehead atoms. The first-order valence-corrected chi connectivity index (χ1v) is 8.75. The second-order valence-electron chi connectivity index (χ2n) is 6.45. The van der Waals surface area contributed by atoms with Crippen molar-refractivity contribution in [3.63, 3.8) is 0 Å². The Hall–Kier alpha value is -2.89. The molecule has 1 fully saturated rings. The molecule has 0 unspecified atom stereocenters. The number of anilines is 2. The lowest BCUT2D eigenvalue weighted by Crippen LogP contribution is -2.22. The standard InChI is InChI=1S/C20H23N3O3/c1-14-5-6-15(13-21-14)11-19(24)22-17-12-16(20(25)26-2)7-8-18(17)23-9-3-4-10-23/h5-8,12-13H,3-4,9-11H2,1-2H3,(H,22,24). The fraction of sp³-hybridized carbons (Fsp3) is 0.350. The molecule has 1 aromatic carbocycles. The maximum Gasteiger partial charge on any atom is 0.337 e. The monoisotopic (exact) mass is 353 g/mol. The Morgan fingerprint density at radius 2 is 1.96 bits per heavy atom. The molecular weight excluding hydrogens is 330 g/mol. The minimum Gasteiger partial charge on any atom is -0.465 e. The van der Waals surface area contributed by atoms with E-state index in [-0.39, 0.29) is 12.3 Å². The van der Waals surface area contributed by atoms with Crippen LogP contribution < -0.4 is 10.2 Å². The summed E-state index contributed by atoms with van der Waals surface area (Å²) in [6.07, 6.45) is 4.19. The zero-order valence-corrected chi connectivity index (χ0v) is 15.1. The topological polar surface area (TPSA) is 71.5 Å². The Balaban J connectivity index is 1.81. The summed E-state index contributed by atoms with van der Waals surface area (Å²) in [5.74, 6) is -0.561. The van der Waals surface area contributed by atoms with Crippen molar-refractivity contribution in [2.75, 3.05) is 30.4 Å². The van der Waals surface area contributed by atoms with Crippen molar-refractivity contribution in [3.8, 4) is 0 Å². The number of nitrogens with one attached hydrogen (secondary N) is 1. The third kappa shape index (κ3) is 4.20. The van der Waals surface area contributed by atoms with Crippen molar-refractivity contribution < 1.29 is 14.3 Å². The zero-order chi connectivity index (χ0) is 18.5. The molecule has 0 aliphatic carbocycles. The predicted molar refractivity (Wildman–Crippen MR) is 101 cm³/mol. The first kappa shape index (κ1) is 17.9. The van der Waals surface area contributed by atoms with Crippen LogP contribution in [0.15, 0.2) is 36.5 Å². The fourth-order valence-corrected chi connectivity index (χ4v) is 3.10. The minimum atomic E-state index is -0.420. The van der Waals surface area contributed by atoms with Gasteiger partial charge in [-0.1, -0.05) is 6.07 Å². The number of rotatable bonds is 5. The van der Waals surface area contributed by atoms with Gasteiger partial charge in [0.05, 0.1) is 30.5 Å². The molecule has 1 N–H and O–H groups in total. The number of carbonyl (C=O) groups is 2. The molecule has 2 heterocycles. The third-order valence-corrected chi connectivity index (χ3v) is 4.48. The average Bonchev–Trinajstić information content (AvgIpc) is 3.17. The van der Waals surface area contributed by atoms with E-state index >= 15 is 0 Å². The molecule has 1 amide bonds. The van der Waals surface area contributed by atoms with Gasteiger partial charge in [0, 0.05) is 25.0 Å². The number of esters is 1. The van der Waals surface area contributed by atoms with Gasteiger partial charge < -0.3 is 15.0 Å². The van der Waals surface area contributed by atoms with Crippen LogP contribution in [0.2, 0.25) is 0 Å². The van der Waals surface area contributed by atoms with Crippen LogP contribution in [0.25, 0.3) is 0 Å². The molecule has 0 radical (unpaired) electrons. The Labute approximate surface area is 153 Å². The van der Waals surface area contributed by atoms with E-state index in [2.05, 4.69) is 15.2 Å². The first-order valence-electron chi connectivity index (χ1n) is 8.75. The number of amides is 1. The van der Waals surface area contributed by atoms with Crippen molar-refractivity contribution in [1.82, 2.24) is 4.98 Å². The average molecular weight is 353 g/mol. The van der Waals surface area contributed by atoms with Gasteiger partial charge in [0.25, 0.3) is 0 Å². The number of benzene rings is 1. The highest BCUT2D eigenvalue weighted by atomic mass is 16.5. The molecule has 1 saturated heterocycles. The Morgan fingerprint density at radius 3 is 2.62 bits per heavy atom. The van der Waals surface area contributed by atoms with Gasteiger partial charge in [0.2, 0.25) is 5.91 Å². The number of pyridine rings is 1. The SMILES string of the molecule is COC(=O)c1ccc(N2CCCC2)c(NC(=O)Cc2ccc(C)nc2)c1. The van der Waals surface area contributed by atoms with Crippen LogP contribution in [-0.2, 0) is 16.0 Å². The molecule has 0 atom stereocenters. The number of aryl methyl sites for hydroxylation is 1. The van der Waals surface area contributed by atoms with Gasteiger partial charge >= 0.3 is 5.97 Å². The van der Waals surface area contributed by atoms with E-state index < -0.39 is 5.97 Å². The van der Waals surface area contributed by atoms with Crippen LogP contribution in [0.5, 0.6) is 0 Å². The fourth-order valence-electron chi connectivity index (χ4n) is 3.10. The maximum absolute atomic E-state index is 12.5. The maximum atomic E-state index is 12.5. The molecule has 3 rings (SSSR count). The minimum absolute atomic E-state index is 0.141.